The van der Waals surface area contributed by atoms with Crippen LogP contribution in [0, 0.1) is 0 Å². The average Bonchev–Trinajstić information content (AvgIpc) is 2.91. The number of rotatable bonds is 5. The van der Waals surface area contributed by atoms with Crippen molar-refractivity contribution in [1.82, 2.24) is 0 Å². The zero-order chi connectivity index (χ0) is 26.6. The third kappa shape index (κ3) is 9.49. The number of hydrogen-bond acceptors (Lipinski definition) is 4. The Labute approximate surface area is 236 Å². The van der Waals surface area contributed by atoms with Gasteiger partial charge in [0.25, 0.3) is 0 Å². The van der Waals surface area contributed by atoms with Crippen LogP contribution in [0.25, 0.3) is 0 Å². The minimum absolute atomic E-state index is 0. The zero-order valence-corrected chi connectivity index (χ0v) is 23.7. The van der Waals surface area contributed by atoms with Gasteiger partial charge in [-0.2, -0.15) is 0 Å². The molecule has 4 rings (SSSR count). The summed E-state index contributed by atoms with van der Waals surface area (Å²) in [4.78, 5) is 0. The molecule has 4 N–H and O–H groups in total. The Balaban J connectivity index is 0.000000316. The predicted molar refractivity (Wildman–Crippen MR) is 148 cm³/mol. The second-order valence-electron chi connectivity index (χ2n) is 9.52. The first-order valence-corrected chi connectivity index (χ1v) is 12.0. The molecule has 0 spiro atoms. The van der Waals surface area contributed by atoms with Gasteiger partial charge in [-0.15, -0.1) is 0 Å². The van der Waals surface area contributed by atoms with Gasteiger partial charge in [-0.05, 0) is 46.5 Å². The molecular formula is C32H38O4Ti. The Kier molecular flexibility index (Phi) is 13.4. The van der Waals surface area contributed by atoms with E-state index in [2.05, 4.69) is 76.2 Å². The minimum Gasteiger partial charge on any atom is -0.508 e. The zero-order valence-electron chi connectivity index (χ0n) is 22.1. The van der Waals surface area contributed by atoms with Crippen LogP contribution in [0.5, 0.6) is 11.5 Å². The van der Waals surface area contributed by atoms with Crippen molar-refractivity contribution in [2.24, 2.45) is 0 Å². The summed E-state index contributed by atoms with van der Waals surface area (Å²) in [6, 6.07) is 35.6. The molecule has 0 aliphatic rings. The Bertz CT molecular complexity index is 1050. The van der Waals surface area contributed by atoms with Gasteiger partial charge in [-0.3, -0.25) is 0 Å². The van der Waals surface area contributed by atoms with E-state index in [1.165, 1.54) is 22.3 Å². The van der Waals surface area contributed by atoms with E-state index in [0.717, 1.165) is 0 Å². The number of aromatic hydroxyl groups is 2. The van der Waals surface area contributed by atoms with Crippen molar-refractivity contribution in [2.75, 3.05) is 13.2 Å². The van der Waals surface area contributed by atoms with Crippen molar-refractivity contribution in [1.29, 1.82) is 0 Å². The Morgan fingerprint density at radius 2 is 0.676 bits per heavy atom. The molecule has 0 aromatic heterocycles. The molecule has 0 aliphatic heterocycles. The maximum Gasteiger partial charge on any atom is 0.115 e. The first-order chi connectivity index (χ1) is 17.1. The molecule has 4 aromatic rings. The van der Waals surface area contributed by atoms with E-state index in [-0.39, 0.29) is 45.8 Å². The van der Waals surface area contributed by atoms with Gasteiger partial charge in [0.15, 0.2) is 0 Å². The number of hydrogen-bond donors (Lipinski definition) is 4. The molecule has 0 amide bonds. The normalized spacial score (nSPS) is 10.6. The average molecular weight is 535 g/mol. The van der Waals surface area contributed by atoms with Gasteiger partial charge in [0.05, 0.1) is 13.2 Å². The molecule has 0 heterocycles. The molecule has 4 aromatic carbocycles. The van der Waals surface area contributed by atoms with Crippen LogP contribution < -0.4 is 0 Å². The SMILES string of the molecule is CC(C)(c1ccccc1)c1ccc(O)cc1.CC(C)(c1ccccc1)c1ccc(O)cc1.OCCO.[Ti]. The van der Waals surface area contributed by atoms with Crippen LogP contribution in [0.15, 0.2) is 109 Å². The Morgan fingerprint density at radius 1 is 0.432 bits per heavy atom. The summed E-state index contributed by atoms with van der Waals surface area (Å²) in [5.41, 5.74) is 4.90. The summed E-state index contributed by atoms with van der Waals surface area (Å²) in [7, 11) is 0. The van der Waals surface area contributed by atoms with Crippen LogP contribution in [0.2, 0.25) is 0 Å². The first kappa shape index (κ1) is 32.1. The van der Waals surface area contributed by atoms with E-state index in [4.69, 9.17) is 10.2 Å². The van der Waals surface area contributed by atoms with Crippen LogP contribution >= 0.6 is 0 Å². The van der Waals surface area contributed by atoms with Gasteiger partial charge in [0.1, 0.15) is 11.5 Å². The maximum atomic E-state index is 9.29. The van der Waals surface area contributed by atoms with Gasteiger partial charge in [0.2, 0.25) is 0 Å². The Hall–Kier alpha value is -2.89. The number of benzene rings is 4. The molecule has 0 radical (unpaired) electrons. The third-order valence-corrected chi connectivity index (χ3v) is 6.27. The molecule has 4 nitrogen and oxygen atoms in total. The number of aliphatic hydroxyl groups is 2. The summed E-state index contributed by atoms with van der Waals surface area (Å²) in [5.74, 6) is 0.625. The van der Waals surface area contributed by atoms with Gasteiger partial charge >= 0.3 is 0 Å². The van der Waals surface area contributed by atoms with E-state index in [1.807, 2.05) is 36.4 Å². The predicted octanol–water partition coefficient (Wildman–Crippen LogP) is 6.40. The van der Waals surface area contributed by atoms with Crippen LogP contribution in [0.1, 0.15) is 49.9 Å². The molecule has 194 valence electrons. The molecule has 0 unspecified atom stereocenters. The van der Waals surface area contributed by atoms with Crippen LogP contribution in [-0.4, -0.2) is 33.6 Å². The summed E-state index contributed by atoms with van der Waals surface area (Å²) < 4.78 is 0. The molecule has 0 bridgehead atoms. The topological polar surface area (TPSA) is 80.9 Å². The number of phenols is 2. The fraction of sp³-hybridized carbons (Fsp3) is 0.250. The van der Waals surface area contributed by atoms with Gasteiger partial charge in [-0.1, -0.05) is 113 Å². The van der Waals surface area contributed by atoms with Crippen LogP contribution in [0.3, 0.4) is 0 Å². The van der Waals surface area contributed by atoms with E-state index >= 15 is 0 Å². The molecule has 5 heteroatoms. The summed E-state index contributed by atoms with van der Waals surface area (Å²) in [6.45, 7) is 8.51. The van der Waals surface area contributed by atoms with Crippen molar-refractivity contribution in [3.63, 3.8) is 0 Å². The summed E-state index contributed by atoms with van der Waals surface area (Å²) in [6.07, 6.45) is 0. The summed E-state index contributed by atoms with van der Waals surface area (Å²) >= 11 is 0. The summed E-state index contributed by atoms with van der Waals surface area (Å²) in [5, 5.41) is 33.8. The molecule has 37 heavy (non-hydrogen) atoms. The molecule has 0 aliphatic carbocycles. The van der Waals surface area contributed by atoms with E-state index in [0.29, 0.717) is 11.5 Å². The van der Waals surface area contributed by atoms with E-state index < -0.39 is 0 Å². The van der Waals surface area contributed by atoms with Crippen molar-refractivity contribution in [2.45, 2.75) is 38.5 Å². The fourth-order valence-electron chi connectivity index (χ4n) is 3.80. The molecule has 0 saturated heterocycles. The second kappa shape index (κ2) is 15.4. The molecule has 0 saturated carbocycles. The van der Waals surface area contributed by atoms with Crippen molar-refractivity contribution in [3.8, 4) is 11.5 Å². The smallest absolute Gasteiger partial charge is 0.115 e. The van der Waals surface area contributed by atoms with Crippen molar-refractivity contribution in [3.05, 3.63) is 131 Å². The van der Waals surface area contributed by atoms with E-state index in [1.54, 1.807) is 24.3 Å². The number of phenolic OH excluding ortho intramolecular Hbond substituents is 2. The van der Waals surface area contributed by atoms with Gasteiger partial charge in [0, 0.05) is 32.5 Å². The van der Waals surface area contributed by atoms with E-state index in [9.17, 15) is 10.2 Å². The van der Waals surface area contributed by atoms with Gasteiger partial charge < -0.3 is 20.4 Å². The van der Waals surface area contributed by atoms with Gasteiger partial charge in [-0.25, -0.2) is 0 Å². The number of aliphatic hydroxyl groups excluding tert-OH is 2. The first-order valence-electron chi connectivity index (χ1n) is 12.0. The van der Waals surface area contributed by atoms with Crippen molar-refractivity contribution >= 4 is 0 Å². The van der Waals surface area contributed by atoms with Crippen LogP contribution in [0.4, 0.5) is 0 Å². The third-order valence-electron chi connectivity index (χ3n) is 6.27. The van der Waals surface area contributed by atoms with Crippen molar-refractivity contribution < 1.29 is 42.1 Å². The largest absolute Gasteiger partial charge is 0.508 e. The molecule has 0 fully saturated rings. The maximum absolute atomic E-state index is 9.29. The van der Waals surface area contributed by atoms with Crippen LogP contribution in [-0.2, 0) is 32.5 Å². The molecule has 0 atom stereocenters. The fourth-order valence-corrected chi connectivity index (χ4v) is 3.80. The Morgan fingerprint density at radius 3 is 0.919 bits per heavy atom. The molecular weight excluding hydrogens is 496 g/mol. The quantitative estimate of drug-likeness (QED) is 0.223. The standard InChI is InChI=1S/2C15H16O.C2H6O2.Ti/c2*1-15(2,12-6-4-3-5-7-12)13-8-10-14(16)11-9-13;3-1-2-4;/h2*3-11,16H,1-2H3;3-4H,1-2H2;. The second-order valence-corrected chi connectivity index (χ2v) is 9.52. The minimum atomic E-state index is -0.125. The monoisotopic (exact) mass is 534 g/mol.